The predicted molar refractivity (Wildman–Crippen MR) is 48.8 cm³/mol. The zero-order valence-electron chi connectivity index (χ0n) is 8.23. The number of aliphatic carboxylic acids is 1. The van der Waals surface area contributed by atoms with Gasteiger partial charge in [-0.2, -0.15) is 0 Å². The first-order chi connectivity index (χ1) is 6.52. The van der Waals surface area contributed by atoms with E-state index in [-0.39, 0.29) is 6.61 Å². The standard InChI is InChI=1S/C9H14O5/c1-4-7(6(2)8(10)11)5-14-9(12)13-3/h4,6-7H,1,5H2,2-3H3,(H,10,11)/t6-,7-/m1/s1. The summed E-state index contributed by atoms with van der Waals surface area (Å²) in [5.41, 5.74) is 0. The molecule has 0 fully saturated rings. The molecule has 0 unspecified atom stereocenters. The Morgan fingerprint density at radius 1 is 1.57 bits per heavy atom. The van der Waals surface area contributed by atoms with Crippen molar-refractivity contribution in [1.29, 1.82) is 0 Å². The van der Waals surface area contributed by atoms with Crippen molar-refractivity contribution in [3.05, 3.63) is 12.7 Å². The van der Waals surface area contributed by atoms with Crippen LogP contribution >= 0.6 is 0 Å². The molecule has 5 heteroatoms. The lowest BCUT2D eigenvalue weighted by atomic mass is 9.95. The highest BCUT2D eigenvalue weighted by molar-refractivity contribution is 5.70. The fourth-order valence-electron chi connectivity index (χ4n) is 0.823. The number of hydrogen-bond acceptors (Lipinski definition) is 4. The number of carboxylic acids is 1. The second-order valence-electron chi connectivity index (χ2n) is 2.79. The van der Waals surface area contributed by atoms with Crippen LogP contribution in [0.3, 0.4) is 0 Å². The molecule has 0 aliphatic rings. The Balaban J connectivity index is 4.09. The highest BCUT2D eigenvalue weighted by Gasteiger charge is 2.22. The zero-order valence-corrected chi connectivity index (χ0v) is 8.23. The van der Waals surface area contributed by atoms with Gasteiger partial charge in [-0.05, 0) is 0 Å². The summed E-state index contributed by atoms with van der Waals surface area (Å²) in [7, 11) is 1.19. The minimum absolute atomic E-state index is 0.0381. The van der Waals surface area contributed by atoms with Crippen LogP contribution in [0.5, 0.6) is 0 Å². The van der Waals surface area contributed by atoms with Crippen molar-refractivity contribution in [3.63, 3.8) is 0 Å². The fraction of sp³-hybridized carbons (Fsp3) is 0.556. The van der Waals surface area contributed by atoms with Gasteiger partial charge in [0.1, 0.15) is 6.61 Å². The lowest BCUT2D eigenvalue weighted by Gasteiger charge is -2.15. The lowest BCUT2D eigenvalue weighted by molar-refractivity contribution is -0.142. The van der Waals surface area contributed by atoms with E-state index in [2.05, 4.69) is 16.1 Å². The second-order valence-corrected chi connectivity index (χ2v) is 2.79. The predicted octanol–water partition coefficient (Wildman–Crippen LogP) is 1.29. The van der Waals surface area contributed by atoms with E-state index in [1.807, 2.05) is 0 Å². The largest absolute Gasteiger partial charge is 0.507 e. The number of rotatable bonds is 5. The molecule has 0 spiro atoms. The molecule has 5 nitrogen and oxygen atoms in total. The normalized spacial score (nSPS) is 13.9. The van der Waals surface area contributed by atoms with Gasteiger partial charge in [0, 0.05) is 5.92 Å². The summed E-state index contributed by atoms with van der Waals surface area (Å²) in [6.45, 7) is 4.96. The van der Waals surface area contributed by atoms with Gasteiger partial charge >= 0.3 is 12.1 Å². The summed E-state index contributed by atoms with van der Waals surface area (Å²) in [6.07, 6.45) is 0.622. The quantitative estimate of drug-likeness (QED) is 0.537. The average Bonchev–Trinajstić information content (AvgIpc) is 2.17. The van der Waals surface area contributed by atoms with Gasteiger partial charge in [0.2, 0.25) is 0 Å². The van der Waals surface area contributed by atoms with Crippen LogP contribution in [-0.2, 0) is 14.3 Å². The number of ether oxygens (including phenoxy) is 2. The van der Waals surface area contributed by atoms with E-state index >= 15 is 0 Å². The Labute approximate surface area is 82.3 Å². The molecule has 0 rings (SSSR count). The van der Waals surface area contributed by atoms with Gasteiger partial charge < -0.3 is 14.6 Å². The van der Waals surface area contributed by atoms with E-state index in [0.29, 0.717) is 0 Å². The van der Waals surface area contributed by atoms with Gasteiger partial charge in [0.25, 0.3) is 0 Å². The Morgan fingerprint density at radius 3 is 2.50 bits per heavy atom. The van der Waals surface area contributed by atoms with Gasteiger partial charge in [-0.1, -0.05) is 13.0 Å². The number of hydrogen-bond donors (Lipinski definition) is 1. The second kappa shape index (κ2) is 6.01. The highest BCUT2D eigenvalue weighted by atomic mass is 16.7. The van der Waals surface area contributed by atoms with Gasteiger partial charge in [-0.3, -0.25) is 4.79 Å². The summed E-state index contributed by atoms with van der Waals surface area (Å²) in [5, 5.41) is 8.69. The molecule has 0 aliphatic carbocycles. The first kappa shape index (κ1) is 12.5. The first-order valence-electron chi connectivity index (χ1n) is 4.09. The molecule has 0 bridgehead atoms. The average molecular weight is 202 g/mol. The smallest absolute Gasteiger partial charge is 0.481 e. The van der Waals surface area contributed by atoms with Crippen molar-refractivity contribution in [1.82, 2.24) is 0 Å². The number of carbonyl (C=O) groups excluding carboxylic acids is 1. The molecule has 0 heterocycles. The fourth-order valence-corrected chi connectivity index (χ4v) is 0.823. The molecule has 0 saturated carbocycles. The van der Waals surface area contributed by atoms with Crippen LogP contribution in [0.15, 0.2) is 12.7 Å². The van der Waals surface area contributed by atoms with Gasteiger partial charge in [-0.15, -0.1) is 6.58 Å². The summed E-state index contributed by atoms with van der Waals surface area (Å²) in [6, 6.07) is 0. The Hall–Kier alpha value is -1.52. The van der Waals surface area contributed by atoms with Crippen LogP contribution in [0.1, 0.15) is 6.92 Å². The van der Waals surface area contributed by atoms with Crippen molar-refractivity contribution in [2.24, 2.45) is 11.8 Å². The van der Waals surface area contributed by atoms with E-state index in [0.717, 1.165) is 0 Å². The maximum atomic E-state index is 10.6. The van der Waals surface area contributed by atoms with Crippen molar-refractivity contribution >= 4 is 12.1 Å². The van der Waals surface area contributed by atoms with Gasteiger partial charge in [0.15, 0.2) is 0 Å². The van der Waals surface area contributed by atoms with Crippen LogP contribution in [0.25, 0.3) is 0 Å². The molecule has 0 aromatic carbocycles. The first-order valence-corrected chi connectivity index (χ1v) is 4.09. The van der Waals surface area contributed by atoms with Crippen molar-refractivity contribution in [3.8, 4) is 0 Å². The molecule has 0 saturated heterocycles. The maximum Gasteiger partial charge on any atom is 0.507 e. The maximum absolute atomic E-state index is 10.6. The Morgan fingerprint density at radius 2 is 2.14 bits per heavy atom. The molecular weight excluding hydrogens is 188 g/mol. The molecule has 2 atom stereocenters. The van der Waals surface area contributed by atoms with E-state index in [4.69, 9.17) is 5.11 Å². The van der Waals surface area contributed by atoms with Crippen LogP contribution in [0.2, 0.25) is 0 Å². The van der Waals surface area contributed by atoms with E-state index < -0.39 is 24.0 Å². The van der Waals surface area contributed by atoms with Crippen molar-refractivity contribution in [2.75, 3.05) is 13.7 Å². The Bertz CT molecular complexity index is 223. The molecule has 0 aliphatic heterocycles. The Kier molecular flexibility index (Phi) is 5.36. The van der Waals surface area contributed by atoms with Crippen LogP contribution in [0, 0.1) is 11.8 Å². The molecule has 0 aromatic rings. The zero-order chi connectivity index (χ0) is 11.1. The number of methoxy groups -OCH3 is 1. The monoisotopic (exact) mass is 202 g/mol. The highest BCUT2D eigenvalue weighted by Crippen LogP contribution is 2.13. The summed E-state index contributed by atoms with van der Waals surface area (Å²) < 4.78 is 8.86. The van der Waals surface area contributed by atoms with Crippen LogP contribution in [0.4, 0.5) is 4.79 Å². The van der Waals surface area contributed by atoms with E-state index in [9.17, 15) is 9.59 Å². The summed E-state index contributed by atoms with van der Waals surface area (Å²) in [5.74, 6) is -2.01. The third-order valence-corrected chi connectivity index (χ3v) is 1.89. The molecule has 0 aromatic heterocycles. The van der Waals surface area contributed by atoms with E-state index in [1.54, 1.807) is 0 Å². The molecule has 14 heavy (non-hydrogen) atoms. The molecule has 1 N–H and O–H groups in total. The van der Waals surface area contributed by atoms with Crippen molar-refractivity contribution < 1.29 is 24.2 Å². The molecular formula is C9H14O5. The van der Waals surface area contributed by atoms with Crippen LogP contribution in [-0.4, -0.2) is 30.9 Å². The minimum Gasteiger partial charge on any atom is -0.481 e. The lowest BCUT2D eigenvalue weighted by Crippen LogP contribution is -2.24. The SMILES string of the molecule is C=C[C@H](COC(=O)OC)[C@@H](C)C(=O)O. The minimum atomic E-state index is -0.955. The number of carboxylic acid groups (broad SMARTS) is 1. The van der Waals surface area contributed by atoms with Crippen LogP contribution < -0.4 is 0 Å². The molecule has 0 amide bonds. The van der Waals surface area contributed by atoms with Gasteiger partial charge in [0.05, 0.1) is 13.0 Å². The van der Waals surface area contributed by atoms with E-state index in [1.165, 1.54) is 20.1 Å². The summed E-state index contributed by atoms with van der Waals surface area (Å²) in [4.78, 5) is 21.2. The topological polar surface area (TPSA) is 72.8 Å². The third kappa shape index (κ3) is 3.93. The summed E-state index contributed by atoms with van der Waals surface area (Å²) >= 11 is 0. The third-order valence-electron chi connectivity index (χ3n) is 1.89. The molecule has 0 radical (unpaired) electrons. The number of carbonyl (C=O) groups is 2. The van der Waals surface area contributed by atoms with Gasteiger partial charge in [-0.25, -0.2) is 4.79 Å². The van der Waals surface area contributed by atoms with Crippen molar-refractivity contribution in [2.45, 2.75) is 6.92 Å². The molecule has 80 valence electrons.